The molecule has 1 N–H and O–H groups in total. The number of carbonyl (C=O) groups is 1. The summed E-state index contributed by atoms with van der Waals surface area (Å²) in [5, 5.41) is 0. The van der Waals surface area contributed by atoms with Gasteiger partial charge in [-0.25, -0.2) is 9.87 Å². The van der Waals surface area contributed by atoms with E-state index in [9.17, 15) is 9.18 Å². The smallest absolute Gasteiger partial charge is 0.310 e. The number of furan rings is 1. The van der Waals surface area contributed by atoms with Crippen molar-refractivity contribution in [3.05, 3.63) is 58.8 Å². The molecule has 0 spiro atoms. The first-order chi connectivity index (χ1) is 10.9. The number of hydrogen-bond acceptors (Lipinski definition) is 4. The van der Waals surface area contributed by atoms with Crippen molar-refractivity contribution >= 4 is 5.91 Å². The molecule has 0 unspecified atom stereocenters. The summed E-state index contributed by atoms with van der Waals surface area (Å²) < 4.78 is 24.1. The second kappa shape index (κ2) is 6.93. The monoisotopic (exact) mass is 321 g/mol. The molecule has 0 atom stereocenters. The van der Waals surface area contributed by atoms with Gasteiger partial charge in [-0.15, -0.1) is 0 Å². The van der Waals surface area contributed by atoms with Crippen LogP contribution in [-0.4, -0.2) is 20.1 Å². The Morgan fingerprint density at radius 2 is 1.91 bits per heavy atom. The van der Waals surface area contributed by atoms with Gasteiger partial charge in [0.25, 0.3) is 0 Å². The van der Waals surface area contributed by atoms with Gasteiger partial charge in [-0.3, -0.25) is 9.63 Å². The molecule has 2 rings (SSSR count). The van der Waals surface area contributed by atoms with Gasteiger partial charge in [0.1, 0.15) is 17.2 Å². The third-order valence-corrected chi connectivity index (χ3v) is 3.62. The number of ether oxygens (including phenoxy) is 1. The van der Waals surface area contributed by atoms with Crippen LogP contribution in [-0.2, 0) is 21.6 Å². The molecule has 0 bridgehead atoms. The Kier molecular flexibility index (Phi) is 5.18. The van der Waals surface area contributed by atoms with Gasteiger partial charge in [0.15, 0.2) is 5.76 Å². The number of halogens is 1. The summed E-state index contributed by atoms with van der Waals surface area (Å²) >= 11 is 0. The summed E-state index contributed by atoms with van der Waals surface area (Å²) in [5.41, 5.74) is 3.10. The van der Waals surface area contributed by atoms with E-state index in [1.165, 1.54) is 19.2 Å². The van der Waals surface area contributed by atoms with Gasteiger partial charge in [0.05, 0.1) is 7.11 Å². The standard InChI is InChI=1S/C17H20FNO4/c1-17(2,21-3)14-10-12(15(23-14)16(20)19-22-4)9-11-5-7-13(18)8-6-11/h5-8,10H,9H2,1-4H3,(H,19,20). The van der Waals surface area contributed by atoms with Gasteiger partial charge < -0.3 is 9.15 Å². The fourth-order valence-corrected chi connectivity index (χ4v) is 2.11. The summed E-state index contributed by atoms with van der Waals surface area (Å²) in [6.45, 7) is 3.68. The van der Waals surface area contributed by atoms with Crippen molar-refractivity contribution in [1.29, 1.82) is 0 Å². The van der Waals surface area contributed by atoms with E-state index in [4.69, 9.17) is 9.15 Å². The van der Waals surface area contributed by atoms with E-state index < -0.39 is 11.5 Å². The van der Waals surface area contributed by atoms with Gasteiger partial charge in [-0.1, -0.05) is 12.1 Å². The van der Waals surface area contributed by atoms with Crippen molar-refractivity contribution in [3.63, 3.8) is 0 Å². The summed E-state index contributed by atoms with van der Waals surface area (Å²) in [6.07, 6.45) is 0.427. The lowest BCUT2D eigenvalue weighted by Crippen LogP contribution is -2.22. The molecule has 0 aliphatic carbocycles. The van der Waals surface area contributed by atoms with Gasteiger partial charge >= 0.3 is 5.91 Å². The Hall–Kier alpha value is -2.18. The van der Waals surface area contributed by atoms with Gasteiger partial charge in [0, 0.05) is 19.1 Å². The topological polar surface area (TPSA) is 60.7 Å². The lowest BCUT2D eigenvalue weighted by Gasteiger charge is -2.19. The molecular weight excluding hydrogens is 301 g/mol. The van der Waals surface area contributed by atoms with Crippen LogP contribution in [0, 0.1) is 5.82 Å². The zero-order valence-electron chi connectivity index (χ0n) is 13.6. The van der Waals surface area contributed by atoms with Crippen molar-refractivity contribution in [2.24, 2.45) is 0 Å². The van der Waals surface area contributed by atoms with Crippen LogP contribution >= 0.6 is 0 Å². The Morgan fingerprint density at radius 3 is 2.48 bits per heavy atom. The number of hydroxylamine groups is 1. The van der Waals surface area contributed by atoms with Crippen LogP contribution in [0.3, 0.4) is 0 Å². The van der Waals surface area contributed by atoms with E-state index in [0.29, 0.717) is 17.7 Å². The minimum atomic E-state index is -0.677. The van der Waals surface area contributed by atoms with E-state index in [1.807, 2.05) is 13.8 Å². The molecule has 1 amide bonds. The fraction of sp³-hybridized carbons (Fsp3) is 0.353. The zero-order valence-corrected chi connectivity index (χ0v) is 13.6. The van der Waals surface area contributed by atoms with E-state index in [0.717, 1.165) is 5.56 Å². The molecule has 1 aromatic heterocycles. The Morgan fingerprint density at radius 1 is 1.26 bits per heavy atom. The molecule has 0 radical (unpaired) electrons. The second-order valence-corrected chi connectivity index (χ2v) is 5.62. The maximum Gasteiger partial charge on any atom is 0.310 e. The van der Waals surface area contributed by atoms with Crippen molar-refractivity contribution in [1.82, 2.24) is 5.48 Å². The predicted octanol–water partition coefficient (Wildman–Crippen LogP) is 3.18. The van der Waals surface area contributed by atoms with Crippen LogP contribution in [0.1, 0.15) is 41.3 Å². The van der Waals surface area contributed by atoms with Crippen LogP contribution in [0.4, 0.5) is 4.39 Å². The van der Waals surface area contributed by atoms with E-state index in [2.05, 4.69) is 10.3 Å². The average Bonchev–Trinajstić information content (AvgIpc) is 2.94. The number of rotatable bonds is 6. The molecular formula is C17H20FNO4. The molecule has 23 heavy (non-hydrogen) atoms. The predicted molar refractivity (Wildman–Crippen MR) is 82.4 cm³/mol. The van der Waals surface area contributed by atoms with Gasteiger partial charge in [-0.05, 0) is 37.6 Å². The zero-order chi connectivity index (χ0) is 17.0. The quantitative estimate of drug-likeness (QED) is 0.830. The van der Waals surface area contributed by atoms with Crippen LogP contribution in [0.2, 0.25) is 0 Å². The highest BCUT2D eigenvalue weighted by molar-refractivity contribution is 5.92. The van der Waals surface area contributed by atoms with Crippen molar-refractivity contribution in [3.8, 4) is 0 Å². The highest BCUT2D eigenvalue weighted by atomic mass is 19.1. The van der Waals surface area contributed by atoms with E-state index in [-0.39, 0.29) is 11.6 Å². The minimum Gasteiger partial charge on any atom is -0.452 e. The molecule has 1 heterocycles. The molecule has 2 aromatic rings. The number of benzene rings is 1. The molecule has 6 heteroatoms. The molecule has 124 valence electrons. The highest BCUT2D eigenvalue weighted by Gasteiger charge is 2.28. The molecule has 0 aliphatic heterocycles. The summed E-state index contributed by atoms with van der Waals surface area (Å²) in [4.78, 5) is 16.8. The summed E-state index contributed by atoms with van der Waals surface area (Å²) in [7, 11) is 2.91. The summed E-state index contributed by atoms with van der Waals surface area (Å²) in [6, 6.07) is 7.87. The lowest BCUT2D eigenvalue weighted by atomic mass is 10.0. The minimum absolute atomic E-state index is 0.149. The van der Waals surface area contributed by atoms with Crippen LogP contribution in [0.5, 0.6) is 0 Å². The molecule has 0 aliphatic rings. The summed E-state index contributed by atoms with van der Waals surface area (Å²) in [5.74, 6) is -0.114. The van der Waals surface area contributed by atoms with E-state index >= 15 is 0 Å². The molecule has 0 fully saturated rings. The van der Waals surface area contributed by atoms with Gasteiger partial charge in [-0.2, -0.15) is 0 Å². The lowest BCUT2D eigenvalue weighted by molar-refractivity contribution is -0.000337. The third kappa shape index (κ3) is 3.97. The van der Waals surface area contributed by atoms with E-state index in [1.54, 1.807) is 25.3 Å². The first-order valence-corrected chi connectivity index (χ1v) is 7.13. The van der Waals surface area contributed by atoms with Crippen LogP contribution in [0.15, 0.2) is 34.7 Å². The largest absolute Gasteiger partial charge is 0.452 e. The number of hydrogen-bond donors (Lipinski definition) is 1. The molecule has 0 saturated heterocycles. The number of carbonyl (C=O) groups excluding carboxylic acids is 1. The Bertz CT molecular complexity index is 676. The first kappa shape index (κ1) is 17.2. The normalized spacial score (nSPS) is 11.5. The van der Waals surface area contributed by atoms with Crippen molar-refractivity contribution in [2.75, 3.05) is 14.2 Å². The fourth-order valence-electron chi connectivity index (χ4n) is 2.11. The average molecular weight is 321 g/mol. The maximum absolute atomic E-state index is 13.0. The first-order valence-electron chi connectivity index (χ1n) is 7.13. The maximum atomic E-state index is 13.0. The third-order valence-electron chi connectivity index (χ3n) is 3.62. The Labute approximate surface area is 134 Å². The van der Waals surface area contributed by atoms with Crippen molar-refractivity contribution in [2.45, 2.75) is 25.9 Å². The number of nitrogens with one attached hydrogen (secondary N) is 1. The Balaban J connectivity index is 2.38. The SMILES string of the molecule is CONC(=O)c1oc(C(C)(C)OC)cc1Cc1ccc(F)cc1. The molecule has 0 saturated carbocycles. The van der Waals surface area contributed by atoms with Crippen LogP contribution < -0.4 is 5.48 Å². The van der Waals surface area contributed by atoms with Crippen LogP contribution in [0.25, 0.3) is 0 Å². The highest BCUT2D eigenvalue weighted by Crippen LogP contribution is 2.29. The number of amides is 1. The van der Waals surface area contributed by atoms with Crippen molar-refractivity contribution < 1.29 is 23.2 Å². The van der Waals surface area contributed by atoms with Gasteiger partial charge in [0.2, 0.25) is 0 Å². The molecule has 5 nitrogen and oxygen atoms in total. The number of methoxy groups -OCH3 is 1. The second-order valence-electron chi connectivity index (χ2n) is 5.62. The molecule has 1 aromatic carbocycles.